The molecule has 6 rings (SSSR count). The molecule has 1 fully saturated rings. The molecule has 1 saturated heterocycles. The van der Waals surface area contributed by atoms with E-state index in [1.54, 1.807) is 9.80 Å². The number of aromatic nitrogens is 2. The summed E-state index contributed by atoms with van der Waals surface area (Å²) in [5.41, 5.74) is 12.9. The SMILES string of the molecule is Cc1cc(C)cc(C[C@@H]2[C@H](O)[C@@H](O)[C@@H](Cc3ccccc3)N(Cc3ccc4[nH]nc(N)c4c3)C(=O)N2Cc2ccccc2)c1. The van der Waals surface area contributed by atoms with Crippen molar-refractivity contribution in [3.63, 3.8) is 0 Å². The molecule has 2 heterocycles. The van der Waals surface area contributed by atoms with Crippen LogP contribution in [0.1, 0.15) is 33.4 Å². The van der Waals surface area contributed by atoms with E-state index in [0.29, 0.717) is 25.2 Å². The molecular weight excluding hydrogens is 550 g/mol. The zero-order valence-electron chi connectivity index (χ0n) is 25.1. The van der Waals surface area contributed by atoms with Crippen LogP contribution in [0.25, 0.3) is 10.9 Å². The van der Waals surface area contributed by atoms with Crippen molar-refractivity contribution >= 4 is 22.8 Å². The largest absolute Gasteiger partial charge is 0.388 e. The fourth-order valence-corrected chi connectivity index (χ4v) is 6.54. The highest BCUT2D eigenvalue weighted by Crippen LogP contribution is 2.31. The Kier molecular flexibility index (Phi) is 8.37. The predicted molar refractivity (Wildman–Crippen MR) is 173 cm³/mol. The minimum absolute atomic E-state index is 0.224. The number of fused-ring (bicyclic) bond motifs is 1. The summed E-state index contributed by atoms with van der Waals surface area (Å²) in [6.45, 7) is 4.61. The van der Waals surface area contributed by atoms with Gasteiger partial charge in [0.1, 0.15) is 12.2 Å². The smallest absolute Gasteiger partial charge is 0.321 e. The molecule has 0 bridgehead atoms. The number of aliphatic hydroxyl groups excluding tert-OH is 2. The summed E-state index contributed by atoms with van der Waals surface area (Å²) < 4.78 is 0. The number of urea groups is 1. The number of nitrogens with two attached hydrogens (primary N) is 1. The van der Waals surface area contributed by atoms with Gasteiger partial charge in [-0.15, -0.1) is 0 Å². The van der Waals surface area contributed by atoms with E-state index in [0.717, 1.165) is 44.3 Å². The number of aromatic amines is 1. The summed E-state index contributed by atoms with van der Waals surface area (Å²) in [7, 11) is 0. The van der Waals surface area contributed by atoms with Crippen molar-refractivity contribution in [2.24, 2.45) is 0 Å². The van der Waals surface area contributed by atoms with Crippen LogP contribution in [0.15, 0.2) is 97.1 Å². The first-order valence-corrected chi connectivity index (χ1v) is 15.1. The van der Waals surface area contributed by atoms with Crippen molar-refractivity contribution in [2.75, 3.05) is 5.73 Å². The van der Waals surface area contributed by atoms with Gasteiger partial charge in [-0.05, 0) is 61.1 Å². The Morgan fingerprint density at radius 1 is 0.705 bits per heavy atom. The Hall–Kier alpha value is -4.66. The highest BCUT2D eigenvalue weighted by Gasteiger charge is 2.46. The maximum absolute atomic E-state index is 14.8. The Bertz CT molecular complexity index is 1720. The lowest BCUT2D eigenvalue weighted by atomic mass is 9.90. The van der Waals surface area contributed by atoms with Gasteiger partial charge >= 0.3 is 6.03 Å². The monoisotopic (exact) mass is 589 g/mol. The quantitative estimate of drug-likeness (QED) is 0.200. The molecule has 0 saturated carbocycles. The highest BCUT2D eigenvalue weighted by molar-refractivity contribution is 5.89. The van der Waals surface area contributed by atoms with Gasteiger partial charge in [-0.3, -0.25) is 5.10 Å². The number of hydrogen-bond acceptors (Lipinski definition) is 5. The van der Waals surface area contributed by atoms with Crippen molar-refractivity contribution in [3.8, 4) is 0 Å². The van der Waals surface area contributed by atoms with Gasteiger partial charge in [0.25, 0.3) is 0 Å². The van der Waals surface area contributed by atoms with E-state index in [4.69, 9.17) is 5.73 Å². The normalized spacial score (nSPS) is 20.7. The molecule has 8 heteroatoms. The van der Waals surface area contributed by atoms with E-state index in [-0.39, 0.29) is 12.6 Å². The lowest BCUT2D eigenvalue weighted by Crippen LogP contribution is -2.50. The Morgan fingerprint density at radius 3 is 1.86 bits per heavy atom. The molecule has 226 valence electrons. The van der Waals surface area contributed by atoms with Crippen LogP contribution < -0.4 is 5.73 Å². The molecule has 0 spiro atoms. The second-order valence-electron chi connectivity index (χ2n) is 12.0. The van der Waals surface area contributed by atoms with Crippen LogP contribution in [0.5, 0.6) is 0 Å². The standard InChI is InChI=1S/C36H39N5O3/c1-23-15-24(2)17-28(16-23)20-32-34(43)33(42)31(19-25-9-5-3-6-10-25)41(36(44)40(32)21-26-11-7-4-8-12-26)22-27-13-14-30-29(18-27)35(37)39-38-30/h3-18,31-34,42-43H,19-22H2,1-2H3,(H3,37,38,39)/t31-,32-,33+,34+/m1/s1. The molecule has 0 aliphatic carbocycles. The van der Waals surface area contributed by atoms with E-state index in [1.807, 2.05) is 92.7 Å². The van der Waals surface area contributed by atoms with Gasteiger partial charge in [-0.1, -0.05) is 96.1 Å². The van der Waals surface area contributed by atoms with Gasteiger partial charge in [0.05, 0.1) is 17.6 Å². The van der Waals surface area contributed by atoms with Crippen molar-refractivity contribution in [1.29, 1.82) is 0 Å². The number of aliphatic hydroxyl groups is 2. The number of amides is 2. The van der Waals surface area contributed by atoms with E-state index < -0.39 is 24.3 Å². The lowest BCUT2D eigenvalue weighted by Gasteiger charge is -2.36. The fraction of sp³-hybridized carbons (Fsp3) is 0.278. The molecule has 8 nitrogen and oxygen atoms in total. The topological polar surface area (TPSA) is 119 Å². The lowest BCUT2D eigenvalue weighted by molar-refractivity contribution is -0.0408. The molecule has 1 aliphatic rings. The number of nitrogens with zero attached hydrogens (tertiary/aromatic N) is 3. The van der Waals surface area contributed by atoms with Gasteiger partial charge in [0.2, 0.25) is 0 Å². The molecule has 5 N–H and O–H groups in total. The summed E-state index contributed by atoms with van der Waals surface area (Å²) in [5.74, 6) is 0.388. The molecule has 44 heavy (non-hydrogen) atoms. The predicted octanol–water partition coefficient (Wildman–Crippen LogP) is 5.14. The summed E-state index contributed by atoms with van der Waals surface area (Å²) in [6.07, 6.45) is -1.59. The minimum atomic E-state index is -1.20. The van der Waals surface area contributed by atoms with Gasteiger partial charge in [-0.25, -0.2) is 4.79 Å². The molecule has 1 aromatic heterocycles. The van der Waals surface area contributed by atoms with Gasteiger partial charge in [-0.2, -0.15) is 5.10 Å². The number of carbonyl (C=O) groups is 1. The molecule has 5 aromatic rings. The van der Waals surface area contributed by atoms with E-state index in [2.05, 4.69) is 28.4 Å². The van der Waals surface area contributed by atoms with Crippen LogP contribution in [0.2, 0.25) is 0 Å². The maximum Gasteiger partial charge on any atom is 0.321 e. The summed E-state index contributed by atoms with van der Waals surface area (Å²) >= 11 is 0. The Morgan fingerprint density at radius 2 is 1.25 bits per heavy atom. The van der Waals surface area contributed by atoms with Crippen LogP contribution in [-0.2, 0) is 25.9 Å². The third-order valence-electron chi connectivity index (χ3n) is 8.65. The third kappa shape index (κ3) is 6.18. The van der Waals surface area contributed by atoms with Gasteiger partial charge in [0.15, 0.2) is 5.82 Å². The van der Waals surface area contributed by atoms with E-state index >= 15 is 0 Å². The molecular formula is C36H39N5O3. The maximum atomic E-state index is 14.8. The van der Waals surface area contributed by atoms with Crippen LogP contribution in [-0.4, -0.2) is 60.5 Å². The van der Waals surface area contributed by atoms with E-state index in [1.165, 1.54) is 0 Å². The van der Waals surface area contributed by atoms with Crippen LogP contribution in [0.3, 0.4) is 0 Å². The molecule has 0 radical (unpaired) electrons. The number of hydrogen-bond donors (Lipinski definition) is 4. The molecule has 1 aliphatic heterocycles. The van der Waals surface area contributed by atoms with Crippen LogP contribution in [0, 0.1) is 13.8 Å². The summed E-state index contributed by atoms with van der Waals surface area (Å²) in [4.78, 5) is 18.3. The van der Waals surface area contributed by atoms with Gasteiger partial charge < -0.3 is 25.7 Å². The number of rotatable bonds is 8. The second-order valence-corrected chi connectivity index (χ2v) is 12.0. The van der Waals surface area contributed by atoms with Crippen LogP contribution >= 0.6 is 0 Å². The number of nitrogen functional groups attached to an aromatic ring is 1. The van der Waals surface area contributed by atoms with Crippen LogP contribution in [0.4, 0.5) is 10.6 Å². The first kappa shape index (κ1) is 29.4. The molecule has 4 atom stereocenters. The number of H-pyrrole nitrogens is 1. The average molecular weight is 590 g/mol. The fourth-order valence-electron chi connectivity index (χ4n) is 6.54. The number of benzene rings is 4. The third-order valence-corrected chi connectivity index (χ3v) is 8.65. The number of nitrogens with one attached hydrogen (secondary N) is 1. The second kappa shape index (κ2) is 12.5. The number of carbonyl (C=O) groups excluding carboxylic acids is 1. The van der Waals surface area contributed by atoms with Gasteiger partial charge in [0, 0.05) is 18.5 Å². The van der Waals surface area contributed by atoms with E-state index in [9.17, 15) is 15.0 Å². The molecule has 4 aromatic carbocycles. The zero-order chi connectivity index (χ0) is 30.8. The zero-order valence-corrected chi connectivity index (χ0v) is 25.1. The number of anilines is 1. The average Bonchev–Trinajstić information content (AvgIpc) is 3.37. The number of aryl methyl sites for hydroxylation is 2. The molecule has 2 amide bonds. The van der Waals surface area contributed by atoms with Crippen molar-refractivity contribution < 1.29 is 15.0 Å². The van der Waals surface area contributed by atoms with Crippen molar-refractivity contribution in [2.45, 2.75) is 64.1 Å². The first-order chi connectivity index (χ1) is 21.3. The Balaban J connectivity index is 1.44. The first-order valence-electron chi connectivity index (χ1n) is 15.1. The van der Waals surface area contributed by atoms with Crippen molar-refractivity contribution in [1.82, 2.24) is 20.0 Å². The Labute approximate surface area is 257 Å². The minimum Gasteiger partial charge on any atom is -0.388 e. The summed E-state index contributed by atoms with van der Waals surface area (Å²) in [5, 5.41) is 31.8. The molecule has 0 unspecified atom stereocenters. The highest BCUT2D eigenvalue weighted by atomic mass is 16.3. The summed E-state index contributed by atoms with van der Waals surface area (Å²) in [6, 6.07) is 30.1. The van der Waals surface area contributed by atoms with Crippen molar-refractivity contribution in [3.05, 3.63) is 130 Å².